The van der Waals surface area contributed by atoms with Crippen molar-refractivity contribution in [2.45, 2.75) is 124 Å². The van der Waals surface area contributed by atoms with Gasteiger partial charge in [0.2, 0.25) is 11.8 Å². The van der Waals surface area contributed by atoms with Crippen molar-refractivity contribution in [3.63, 3.8) is 0 Å². The molecule has 2 heterocycles. The van der Waals surface area contributed by atoms with E-state index in [0.717, 1.165) is 42.0 Å². The first kappa shape index (κ1) is 44.2. The number of Topliss-reactive ketones (excluding diaryl/α,β-unsaturated/α-hetero) is 2. The molecule has 2 N–H and O–H groups in total. The number of benzene rings is 1. The third-order valence-electron chi connectivity index (χ3n) is 12.0. The Kier molecular flexibility index (Phi) is 17.5. The zero-order valence-electron chi connectivity index (χ0n) is 34.1. The normalized spacial score (nSPS) is 18.8. The minimum Gasteiger partial charge on any atom is -0.396 e. The van der Waals surface area contributed by atoms with E-state index in [4.69, 9.17) is 4.74 Å². The van der Waals surface area contributed by atoms with Crippen molar-refractivity contribution in [3.8, 4) is 0 Å². The average Bonchev–Trinajstić information content (AvgIpc) is 3.62. The van der Waals surface area contributed by atoms with Gasteiger partial charge in [0.05, 0.1) is 24.6 Å². The maximum absolute atomic E-state index is 14.2. The Labute approximate surface area is 318 Å². The molecule has 0 bridgehead atoms. The van der Waals surface area contributed by atoms with E-state index in [-0.39, 0.29) is 78.6 Å². The lowest BCUT2D eigenvalue weighted by Crippen LogP contribution is -2.54. The summed E-state index contributed by atoms with van der Waals surface area (Å²) in [6.45, 7) is 14.3. The number of aromatic nitrogens is 1. The van der Waals surface area contributed by atoms with Crippen LogP contribution in [0.1, 0.15) is 99.0 Å². The number of ketones is 2. The molecule has 10 heteroatoms. The first-order valence-corrected chi connectivity index (χ1v) is 20.0. The van der Waals surface area contributed by atoms with Crippen LogP contribution in [-0.2, 0) is 30.3 Å². The lowest BCUT2D eigenvalue weighted by Gasteiger charge is -2.41. The SMILES string of the molecule is CC[C@H](C)C([C@@H](CC(=O)N1CCC[C@H]1[C@H](CO)[C@@H](C)C(=O)CCCc1ccc2ccncc2c1)OC)N(C)C(=O)[C@@H](CC(=O)[C@@H](NC)C(C)C)C(C)C. The van der Waals surface area contributed by atoms with Gasteiger partial charge in [0.25, 0.3) is 0 Å². The monoisotopic (exact) mass is 737 g/mol. The molecule has 1 saturated heterocycles. The summed E-state index contributed by atoms with van der Waals surface area (Å²) in [6, 6.07) is 7.31. The van der Waals surface area contributed by atoms with Crippen molar-refractivity contribution < 1.29 is 29.0 Å². The van der Waals surface area contributed by atoms with Crippen LogP contribution >= 0.6 is 0 Å². The fourth-order valence-corrected chi connectivity index (χ4v) is 8.48. The number of nitrogens with zero attached hydrogens (tertiary/aromatic N) is 3. The van der Waals surface area contributed by atoms with Gasteiger partial charge in [0.1, 0.15) is 5.78 Å². The number of carbonyl (C=O) groups is 4. The number of carbonyl (C=O) groups excluding carboxylic acids is 4. The third kappa shape index (κ3) is 11.4. The molecule has 0 saturated carbocycles. The molecule has 1 aliphatic rings. The molecule has 296 valence electrons. The third-order valence-corrected chi connectivity index (χ3v) is 12.0. The Balaban J connectivity index is 1.70. The number of methoxy groups -OCH3 is 1. The molecule has 1 fully saturated rings. The number of rotatable bonds is 22. The summed E-state index contributed by atoms with van der Waals surface area (Å²) in [5.41, 5.74) is 1.16. The van der Waals surface area contributed by atoms with Crippen molar-refractivity contribution in [1.82, 2.24) is 20.1 Å². The maximum Gasteiger partial charge on any atom is 0.226 e. The first-order valence-electron chi connectivity index (χ1n) is 20.0. The van der Waals surface area contributed by atoms with Crippen LogP contribution in [0.3, 0.4) is 0 Å². The van der Waals surface area contributed by atoms with Crippen LogP contribution in [0.5, 0.6) is 0 Å². The summed E-state index contributed by atoms with van der Waals surface area (Å²) in [5, 5.41) is 15.9. The Bertz CT molecular complexity index is 1500. The van der Waals surface area contributed by atoms with E-state index in [0.29, 0.717) is 19.4 Å². The van der Waals surface area contributed by atoms with Gasteiger partial charge in [-0.25, -0.2) is 0 Å². The van der Waals surface area contributed by atoms with Gasteiger partial charge in [0, 0.05) is 81.7 Å². The van der Waals surface area contributed by atoms with Gasteiger partial charge < -0.3 is 25.0 Å². The second-order valence-electron chi connectivity index (χ2n) is 16.1. The smallest absolute Gasteiger partial charge is 0.226 e. The number of aliphatic hydroxyl groups excluding tert-OH is 1. The molecule has 1 aromatic carbocycles. The van der Waals surface area contributed by atoms with Gasteiger partial charge in [-0.2, -0.15) is 0 Å². The Morgan fingerprint density at radius 2 is 1.74 bits per heavy atom. The zero-order valence-corrected chi connectivity index (χ0v) is 34.1. The molecule has 0 radical (unpaired) electrons. The van der Waals surface area contributed by atoms with Crippen molar-refractivity contribution in [2.75, 3.05) is 34.4 Å². The van der Waals surface area contributed by atoms with Crippen LogP contribution in [0.2, 0.25) is 0 Å². The van der Waals surface area contributed by atoms with Gasteiger partial charge in [-0.05, 0) is 73.6 Å². The number of nitrogens with one attached hydrogen (secondary N) is 1. The number of aryl methyl sites for hydroxylation is 1. The molecular weight excluding hydrogens is 668 g/mol. The summed E-state index contributed by atoms with van der Waals surface area (Å²) in [5.74, 6) is -1.28. The predicted molar refractivity (Wildman–Crippen MR) is 211 cm³/mol. The number of hydrogen-bond donors (Lipinski definition) is 2. The van der Waals surface area contributed by atoms with E-state index in [1.54, 1.807) is 32.3 Å². The lowest BCUT2D eigenvalue weighted by molar-refractivity contribution is -0.148. The average molecular weight is 737 g/mol. The minimum absolute atomic E-state index is 0.0226. The van der Waals surface area contributed by atoms with E-state index in [1.165, 1.54) is 0 Å². The van der Waals surface area contributed by atoms with Crippen LogP contribution in [0, 0.1) is 35.5 Å². The van der Waals surface area contributed by atoms with Gasteiger partial charge in [-0.3, -0.25) is 24.2 Å². The highest BCUT2D eigenvalue weighted by molar-refractivity contribution is 5.90. The van der Waals surface area contributed by atoms with E-state index in [2.05, 4.69) is 42.3 Å². The highest BCUT2D eigenvalue weighted by Crippen LogP contribution is 2.33. The van der Waals surface area contributed by atoms with E-state index in [9.17, 15) is 24.3 Å². The summed E-state index contributed by atoms with van der Waals surface area (Å²) in [7, 11) is 5.14. The van der Waals surface area contributed by atoms with Crippen molar-refractivity contribution in [2.24, 2.45) is 35.5 Å². The fourth-order valence-electron chi connectivity index (χ4n) is 8.48. The number of ether oxygens (including phenoxy) is 1. The molecule has 1 unspecified atom stereocenters. The van der Waals surface area contributed by atoms with Crippen molar-refractivity contribution in [1.29, 1.82) is 0 Å². The molecule has 3 rings (SSSR count). The highest BCUT2D eigenvalue weighted by Gasteiger charge is 2.42. The summed E-state index contributed by atoms with van der Waals surface area (Å²) in [4.78, 5) is 62.9. The standard InChI is InChI=1S/C43H68N4O6/c1-11-29(6)42(46(9)43(52)34(27(2)3)23-38(50)41(44-8)28(4)5)39(53-10)24-40(51)47-21-13-15-36(47)35(26-48)30(7)37(49)16-12-14-31-17-18-32-19-20-45-25-33(32)22-31/h17-20,22,25,27-30,34-36,39,41-42,44,48H,11-16,21,23-24,26H2,1-10H3/t29-,30+,34-,35+,36-,39+,41-,42?/m0/s1. The Morgan fingerprint density at radius 1 is 1.02 bits per heavy atom. The predicted octanol–water partition coefficient (Wildman–Crippen LogP) is 6.12. The Hall–Kier alpha value is -3.21. The van der Waals surface area contributed by atoms with Crippen LogP contribution in [0.25, 0.3) is 10.8 Å². The van der Waals surface area contributed by atoms with Crippen LogP contribution in [0.15, 0.2) is 36.7 Å². The van der Waals surface area contributed by atoms with Gasteiger partial charge >= 0.3 is 0 Å². The first-order chi connectivity index (χ1) is 25.2. The van der Waals surface area contributed by atoms with E-state index in [1.807, 2.05) is 51.8 Å². The molecule has 2 aromatic rings. The molecule has 53 heavy (non-hydrogen) atoms. The molecule has 1 aliphatic heterocycles. The van der Waals surface area contributed by atoms with E-state index >= 15 is 0 Å². The molecule has 2 amide bonds. The number of aliphatic hydroxyl groups is 1. The number of likely N-dealkylation sites (N-methyl/N-ethyl adjacent to an activating group) is 2. The summed E-state index contributed by atoms with van der Waals surface area (Å²) < 4.78 is 6.03. The van der Waals surface area contributed by atoms with Crippen molar-refractivity contribution >= 4 is 34.2 Å². The molecule has 1 aromatic heterocycles. The van der Waals surface area contributed by atoms with E-state index < -0.39 is 24.0 Å². The lowest BCUT2D eigenvalue weighted by atomic mass is 9.82. The second-order valence-corrected chi connectivity index (χ2v) is 16.1. The zero-order chi connectivity index (χ0) is 39.4. The number of pyridine rings is 1. The largest absolute Gasteiger partial charge is 0.396 e. The topological polar surface area (TPSA) is 129 Å². The van der Waals surface area contributed by atoms with Crippen LogP contribution in [0.4, 0.5) is 0 Å². The van der Waals surface area contributed by atoms with Gasteiger partial charge in [0.15, 0.2) is 5.78 Å². The molecule has 10 nitrogen and oxygen atoms in total. The Morgan fingerprint density at radius 3 is 2.34 bits per heavy atom. The van der Waals surface area contributed by atoms with Gasteiger partial charge in [-0.15, -0.1) is 0 Å². The van der Waals surface area contributed by atoms with Crippen LogP contribution in [-0.4, -0.2) is 102 Å². The second kappa shape index (κ2) is 21.0. The fraction of sp³-hybridized carbons (Fsp3) is 0.698. The number of amides is 2. The summed E-state index contributed by atoms with van der Waals surface area (Å²) in [6.07, 6.45) is 7.45. The minimum atomic E-state index is -0.575. The summed E-state index contributed by atoms with van der Waals surface area (Å²) >= 11 is 0. The number of hydrogen-bond acceptors (Lipinski definition) is 8. The molecular formula is C43H68N4O6. The highest BCUT2D eigenvalue weighted by atomic mass is 16.5. The molecule has 0 aliphatic carbocycles. The van der Waals surface area contributed by atoms with Crippen LogP contribution < -0.4 is 5.32 Å². The molecule has 0 spiro atoms. The number of fused-ring (bicyclic) bond motifs is 1. The quantitative estimate of drug-likeness (QED) is 0.148. The molecule has 8 atom stereocenters. The number of likely N-dealkylation sites (tertiary alicyclic amines) is 1. The maximum atomic E-state index is 14.2. The van der Waals surface area contributed by atoms with Gasteiger partial charge in [-0.1, -0.05) is 67.0 Å². The van der Waals surface area contributed by atoms with Crippen molar-refractivity contribution in [3.05, 3.63) is 42.2 Å².